The molecule has 0 unspecified atom stereocenters. The van der Waals surface area contributed by atoms with E-state index in [9.17, 15) is 26.4 Å². The highest BCUT2D eigenvalue weighted by atomic mass is 79.9. The molecule has 0 saturated carbocycles. The van der Waals surface area contributed by atoms with Crippen LogP contribution in [-0.2, 0) is 16.2 Å². The molecule has 0 atom stereocenters. The first-order valence-corrected chi connectivity index (χ1v) is 10.9. The third-order valence-electron chi connectivity index (χ3n) is 4.57. The number of aromatic nitrogens is 1. The minimum atomic E-state index is -4.81. The predicted octanol–water partition coefficient (Wildman–Crippen LogP) is 3.45. The quantitative estimate of drug-likeness (QED) is 0.710. The fourth-order valence-electron chi connectivity index (χ4n) is 3.12. The Morgan fingerprint density at radius 3 is 2.34 bits per heavy atom. The third-order valence-corrected chi connectivity index (χ3v) is 6.64. The summed E-state index contributed by atoms with van der Waals surface area (Å²) >= 11 is 2.94. The number of rotatable bonds is 4. The van der Waals surface area contributed by atoms with Crippen LogP contribution in [0.2, 0.25) is 0 Å². The van der Waals surface area contributed by atoms with Gasteiger partial charge in [-0.3, -0.25) is 9.78 Å². The number of alkyl halides is 3. The summed E-state index contributed by atoms with van der Waals surface area (Å²) in [6.45, 7) is 0.585. The van der Waals surface area contributed by atoms with Crippen molar-refractivity contribution in [1.82, 2.24) is 14.6 Å². The van der Waals surface area contributed by atoms with Gasteiger partial charge < -0.3 is 4.90 Å². The molecule has 0 bridgehead atoms. The van der Waals surface area contributed by atoms with Crippen molar-refractivity contribution >= 4 is 31.9 Å². The van der Waals surface area contributed by atoms with E-state index >= 15 is 0 Å². The molecule has 1 aromatic carbocycles. The van der Waals surface area contributed by atoms with Crippen LogP contribution in [0.4, 0.5) is 13.2 Å². The number of hydrogen-bond acceptors (Lipinski definition) is 4. The van der Waals surface area contributed by atoms with Crippen LogP contribution in [0.5, 0.6) is 0 Å². The van der Waals surface area contributed by atoms with Crippen LogP contribution in [0.1, 0.15) is 28.8 Å². The Bertz CT molecular complexity index is 992. The van der Waals surface area contributed by atoms with E-state index in [1.807, 2.05) is 0 Å². The van der Waals surface area contributed by atoms with E-state index in [0.717, 1.165) is 12.1 Å². The summed E-state index contributed by atoms with van der Waals surface area (Å²) in [6.07, 6.45) is -1.20. The lowest BCUT2D eigenvalue weighted by molar-refractivity contribution is -0.139. The van der Waals surface area contributed by atoms with Gasteiger partial charge in [0, 0.05) is 41.6 Å². The van der Waals surface area contributed by atoms with Crippen molar-refractivity contribution in [3.63, 3.8) is 0 Å². The van der Waals surface area contributed by atoms with Gasteiger partial charge in [0.25, 0.3) is 5.91 Å². The average Bonchev–Trinajstić information content (AvgIpc) is 2.67. The van der Waals surface area contributed by atoms with Crippen molar-refractivity contribution in [2.24, 2.45) is 0 Å². The number of nitrogens with zero attached hydrogens (tertiary/aromatic N) is 2. The molecule has 2 aromatic rings. The van der Waals surface area contributed by atoms with E-state index in [-0.39, 0.29) is 10.4 Å². The summed E-state index contributed by atoms with van der Waals surface area (Å²) in [5.41, 5.74) is -0.756. The van der Waals surface area contributed by atoms with E-state index in [2.05, 4.69) is 25.6 Å². The highest BCUT2D eigenvalue weighted by molar-refractivity contribution is 9.10. The molecule has 1 aliphatic rings. The molecule has 11 heteroatoms. The minimum absolute atomic E-state index is 0.131. The molecule has 1 amide bonds. The highest BCUT2D eigenvalue weighted by Gasteiger charge is 2.38. The average molecular weight is 492 g/mol. The lowest BCUT2D eigenvalue weighted by Gasteiger charge is -2.32. The van der Waals surface area contributed by atoms with Gasteiger partial charge in [0.1, 0.15) is 0 Å². The zero-order valence-electron chi connectivity index (χ0n) is 15.0. The highest BCUT2D eigenvalue weighted by Crippen LogP contribution is 2.36. The van der Waals surface area contributed by atoms with Crippen LogP contribution in [0, 0.1) is 0 Å². The number of halogens is 4. The van der Waals surface area contributed by atoms with Gasteiger partial charge in [0.2, 0.25) is 10.0 Å². The maximum absolute atomic E-state index is 13.3. The first-order chi connectivity index (χ1) is 13.6. The summed E-state index contributed by atoms with van der Waals surface area (Å²) < 4.78 is 67.5. The molecule has 6 nitrogen and oxygen atoms in total. The first kappa shape index (κ1) is 21.7. The molecule has 3 rings (SSSR count). The van der Waals surface area contributed by atoms with Crippen molar-refractivity contribution in [3.8, 4) is 0 Å². The number of nitrogens with one attached hydrogen (secondary N) is 1. The van der Waals surface area contributed by atoms with Gasteiger partial charge >= 0.3 is 6.18 Å². The van der Waals surface area contributed by atoms with E-state index in [0.29, 0.717) is 31.5 Å². The molecule has 0 spiro atoms. The van der Waals surface area contributed by atoms with Gasteiger partial charge in [-0.15, -0.1) is 0 Å². The lowest BCUT2D eigenvalue weighted by atomic mass is 10.1. The van der Waals surface area contributed by atoms with Crippen molar-refractivity contribution in [2.75, 3.05) is 13.1 Å². The van der Waals surface area contributed by atoms with Crippen LogP contribution in [0.15, 0.2) is 52.1 Å². The number of pyridine rings is 1. The monoisotopic (exact) mass is 491 g/mol. The van der Waals surface area contributed by atoms with Crippen LogP contribution < -0.4 is 4.72 Å². The normalized spacial score (nSPS) is 16.1. The standard InChI is InChI=1S/C18H17BrF3N3O3S/c19-13-1-2-16(15(11-13)18(20,21)22)29(27,28)24-14-5-9-25(10-6-14)17(26)12-3-7-23-8-4-12/h1-4,7-8,11,14,24H,5-6,9-10H2. The second-order valence-corrected chi connectivity index (χ2v) is 9.16. The second-order valence-electron chi connectivity index (χ2n) is 6.56. The van der Waals surface area contributed by atoms with Crippen LogP contribution in [0.3, 0.4) is 0 Å². The first-order valence-electron chi connectivity index (χ1n) is 8.66. The molecular formula is C18H17BrF3N3O3S. The molecule has 156 valence electrons. The van der Waals surface area contributed by atoms with E-state index in [4.69, 9.17) is 0 Å². The molecule has 1 N–H and O–H groups in total. The van der Waals surface area contributed by atoms with Crippen LogP contribution >= 0.6 is 15.9 Å². The zero-order chi connectivity index (χ0) is 21.2. The molecule has 0 aliphatic carbocycles. The van der Waals surface area contributed by atoms with Crippen LogP contribution in [0.25, 0.3) is 0 Å². The van der Waals surface area contributed by atoms with Gasteiger partial charge in [0.15, 0.2) is 0 Å². The number of carbonyl (C=O) groups excluding carboxylic acids is 1. The molecule has 1 aliphatic heterocycles. The summed E-state index contributed by atoms with van der Waals surface area (Å²) in [4.78, 5) is 17.1. The summed E-state index contributed by atoms with van der Waals surface area (Å²) in [5, 5.41) is 0. The Morgan fingerprint density at radius 2 is 1.76 bits per heavy atom. The largest absolute Gasteiger partial charge is 0.417 e. The molecule has 1 aromatic heterocycles. The fourth-order valence-corrected chi connectivity index (χ4v) is 4.99. The molecule has 2 heterocycles. The topological polar surface area (TPSA) is 79.4 Å². The maximum atomic E-state index is 13.3. The Balaban J connectivity index is 1.70. The van der Waals surface area contributed by atoms with E-state index in [1.165, 1.54) is 18.5 Å². The lowest BCUT2D eigenvalue weighted by Crippen LogP contribution is -2.46. The summed E-state index contributed by atoms with van der Waals surface area (Å²) in [5.74, 6) is -0.194. The maximum Gasteiger partial charge on any atom is 0.417 e. The second kappa shape index (κ2) is 8.41. The molecule has 1 fully saturated rings. The van der Waals surface area contributed by atoms with Gasteiger partial charge in [-0.05, 0) is 43.2 Å². The van der Waals surface area contributed by atoms with Crippen molar-refractivity contribution in [2.45, 2.75) is 30.0 Å². The SMILES string of the molecule is O=C(c1ccncc1)N1CCC(NS(=O)(=O)c2ccc(Br)cc2C(F)(F)F)CC1. The van der Waals surface area contributed by atoms with Crippen molar-refractivity contribution in [1.29, 1.82) is 0 Å². The van der Waals surface area contributed by atoms with Gasteiger partial charge in [-0.2, -0.15) is 13.2 Å². The van der Waals surface area contributed by atoms with Gasteiger partial charge in [0.05, 0.1) is 10.5 Å². The van der Waals surface area contributed by atoms with Crippen LogP contribution in [-0.4, -0.2) is 43.3 Å². The summed E-state index contributed by atoms with van der Waals surface area (Å²) in [7, 11) is -4.38. The number of amides is 1. The molecule has 29 heavy (non-hydrogen) atoms. The molecule has 1 saturated heterocycles. The predicted molar refractivity (Wildman–Crippen MR) is 103 cm³/mol. The van der Waals surface area contributed by atoms with Crippen molar-refractivity contribution < 1.29 is 26.4 Å². The number of benzene rings is 1. The minimum Gasteiger partial charge on any atom is -0.339 e. The Kier molecular flexibility index (Phi) is 6.30. The fraction of sp³-hybridized carbons (Fsp3) is 0.333. The zero-order valence-corrected chi connectivity index (χ0v) is 17.4. The number of carbonyl (C=O) groups is 1. The number of likely N-dealkylation sites (tertiary alicyclic amines) is 1. The van der Waals surface area contributed by atoms with E-state index < -0.39 is 32.7 Å². The number of hydrogen-bond donors (Lipinski definition) is 1. The van der Waals surface area contributed by atoms with Gasteiger partial charge in [-0.25, -0.2) is 13.1 Å². The summed E-state index contributed by atoms with van der Waals surface area (Å²) in [6, 6.07) is 5.53. The number of sulfonamides is 1. The smallest absolute Gasteiger partial charge is 0.339 e. The van der Waals surface area contributed by atoms with Crippen molar-refractivity contribution in [3.05, 3.63) is 58.3 Å². The Hall–Kier alpha value is -1.98. The molecular weight excluding hydrogens is 475 g/mol. The Labute approximate surface area is 174 Å². The number of piperidine rings is 1. The van der Waals surface area contributed by atoms with Gasteiger partial charge in [-0.1, -0.05) is 15.9 Å². The molecule has 0 radical (unpaired) electrons. The van der Waals surface area contributed by atoms with E-state index in [1.54, 1.807) is 17.0 Å². The third kappa shape index (κ3) is 5.14. The Morgan fingerprint density at radius 1 is 1.14 bits per heavy atom.